The van der Waals surface area contributed by atoms with Crippen molar-refractivity contribution in [2.45, 2.75) is 11.8 Å². The van der Waals surface area contributed by atoms with E-state index in [1.54, 1.807) is 23.9 Å². The predicted molar refractivity (Wildman–Crippen MR) is 109 cm³/mol. The number of carbonyl (C=O) groups is 2. The highest BCUT2D eigenvalue weighted by molar-refractivity contribution is 7.98. The largest absolute Gasteiger partial charge is 0.452 e. The van der Waals surface area contributed by atoms with E-state index in [1.165, 1.54) is 25.1 Å². The summed E-state index contributed by atoms with van der Waals surface area (Å²) in [5.41, 5.74) is 0.331. The van der Waals surface area contributed by atoms with Gasteiger partial charge < -0.3 is 14.6 Å². The van der Waals surface area contributed by atoms with Crippen LogP contribution in [0.25, 0.3) is 11.3 Å². The van der Waals surface area contributed by atoms with Crippen LogP contribution in [0.4, 0.5) is 10.1 Å². The molecule has 1 heterocycles. The maximum atomic E-state index is 14.2. The van der Waals surface area contributed by atoms with E-state index < -0.39 is 24.3 Å². The van der Waals surface area contributed by atoms with Crippen LogP contribution in [0.15, 0.2) is 51.9 Å². The number of thioether (sulfide) groups is 1. The van der Waals surface area contributed by atoms with E-state index in [-0.39, 0.29) is 27.6 Å². The van der Waals surface area contributed by atoms with Crippen molar-refractivity contribution >= 4 is 40.9 Å². The summed E-state index contributed by atoms with van der Waals surface area (Å²) >= 11 is 7.63. The molecule has 150 valence electrons. The van der Waals surface area contributed by atoms with Crippen LogP contribution < -0.4 is 5.32 Å². The number of nitrogens with zero attached hydrogens (tertiary/aromatic N) is 1. The summed E-state index contributed by atoms with van der Waals surface area (Å²) in [6.45, 7) is 0.952. The molecule has 0 fully saturated rings. The van der Waals surface area contributed by atoms with Gasteiger partial charge in [0, 0.05) is 10.6 Å². The quantitative estimate of drug-likeness (QED) is 0.436. The van der Waals surface area contributed by atoms with Crippen molar-refractivity contribution in [3.05, 3.63) is 64.6 Å². The molecule has 9 heteroatoms. The summed E-state index contributed by atoms with van der Waals surface area (Å²) in [5.74, 6) is -1.93. The molecule has 1 aromatic heterocycles. The molecule has 3 rings (SSSR count). The molecular formula is C20H16ClFN2O4S. The summed E-state index contributed by atoms with van der Waals surface area (Å²) in [6, 6.07) is 11.3. The molecule has 29 heavy (non-hydrogen) atoms. The Kier molecular flexibility index (Phi) is 6.56. The molecule has 6 nitrogen and oxygen atoms in total. The molecule has 3 aromatic rings. The summed E-state index contributed by atoms with van der Waals surface area (Å²) in [5, 5.41) is 6.43. The Balaban J connectivity index is 1.71. The van der Waals surface area contributed by atoms with Crippen LogP contribution in [-0.4, -0.2) is 29.9 Å². The molecule has 0 atom stereocenters. The van der Waals surface area contributed by atoms with Gasteiger partial charge in [0.2, 0.25) is 0 Å². The number of nitrogens with one attached hydrogen (secondary N) is 1. The maximum absolute atomic E-state index is 14.2. The first-order valence-corrected chi connectivity index (χ1v) is 10.0. The van der Waals surface area contributed by atoms with Crippen molar-refractivity contribution in [3.8, 4) is 11.3 Å². The minimum atomic E-state index is -0.869. The second kappa shape index (κ2) is 9.11. The number of halogens is 2. The molecular weight excluding hydrogens is 419 g/mol. The molecule has 0 radical (unpaired) electrons. The highest BCUT2D eigenvalue weighted by Gasteiger charge is 2.27. The molecule has 0 aliphatic carbocycles. The normalized spacial score (nSPS) is 10.6. The van der Waals surface area contributed by atoms with Crippen LogP contribution in [0.3, 0.4) is 0 Å². The van der Waals surface area contributed by atoms with Gasteiger partial charge >= 0.3 is 5.97 Å². The number of aryl methyl sites for hydroxylation is 1. The van der Waals surface area contributed by atoms with Gasteiger partial charge in [-0.15, -0.1) is 11.8 Å². The van der Waals surface area contributed by atoms with E-state index in [1.807, 2.05) is 18.4 Å². The van der Waals surface area contributed by atoms with E-state index in [4.69, 9.17) is 20.9 Å². The minimum absolute atomic E-state index is 0.0683. The highest BCUT2D eigenvalue weighted by Crippen LogP contribution is 2.33. The lowest BCUT2D eigenvalue weighted by Crippen LogP contribution is -2.21. The van der Waals surface area contributed by atoms with Crippen LogP contribution in [-0.2, 0) is 9.53 Å². The van der Waals surface area contributed by atoms with Gasteiger partial charge in [0.25, 0.3) is 5.91 Å². The number of anilines is 1. The van der Waals surface area contributed by atoms with Gasteiger partial charge in [-0.1, -0.05) is 22.8 Å². The lowest BCUT2D eigenvalue weighted by Gasteiger charge is -2.08. The van der Waals surface area contributed by atoms with Crippen molar-refractivity contribution in [1.29, 1.82) is 0 Å². The van der Waals surface area contributed by atoms with Crippen molar-refractivity contribution in [2.75, 3.05) is 18.2 Å². The van der Waals surface area contributed by atoms with E-state index in [0.29, 0.717) is 5.69 Å². The highest BCUT2D eigenvalue weighted by atomic mass is 35.5. The second-order valence-corrected chi connectivity index (χ2v) is 7.20. The number of ether oxygens (including phenoxy) is 1. The lowest BCUT2D eigenvalue weighted by atomic mass is 10.1. The lowest BCUT2D eigenvalue weighted by molar-refractivity contribution is -0.119. The Morgan fingerprint density at radius 2 is 1.97 bits per heavy atom. The van der Waals surface area contributed by atoms with Gasteiger partial charge in [0.1, 0.15) is 22.8 Å². The number of rotatable bonds is 6. The van der Waals surface area contributed by atoms with Crippen LogP contribution in [0.2, 0.25) is 5.02 Å². The minimum Gasteiger partial charge on any atom is -0.452 e. The molecule has 0 aliphatic rings. The van der Waals surface area contributed by atoms with Crippen molar-refractivity contribution < 1.29 is 23.2 Å². The molecule has 0 saturated heterocycles. The van der Waals surface area contributed by atoms with Crippen LogP contribution >= 0.6 is 23.4 Å². The maximum Gasteiger partial charge on any atom is 0.344 e. The van der Waals surface area contributed by atoms with Crippen LogP contribution in [0.1, 0.15) is 16.1 Å². The van der Waals surface area contributed by atoms with Gasteiger partial charge in [-0.3, -0.25) is 4.79 Å². The number of esters is 1. The Bertz CT molecular complexity index is 1030. The molecule has 0 aliphatic heterocycles. The number of amides is 1. The van der Waals surface area contributed by atoms with Crippen molar-refractivity contribution in [2.24, 2.45) is 0 Å². The van der Waals surface area contributed by atoms with E-state index in [9.17, 15) is 14.0 Å². The third-order valence-corrected chi connectivity index (χ3v) is 5.03. The van der Waals surface area contributed by atoms with Crippen LogP contribution in [0, 0.1) is 12.7 Å². The predicted octanol–water partition coefficient (Wildman–Crippen LogP) is 4.96. The molecule has 0 unspecified atom stereocenters. The van der Waals surface area contributed by atoms with E-state index in [0.717, 1.165) is 4.90 Å². The fourth-order valence-electron chi connectivity index (χ4n) is 2.58. The van der Waals surface area contributed by atoms with E-state index in [2.05, 4.69) is 10.5 Å². The topological polar surface area (TPSA) is 81.4 Å². The first-order chi connectivity index (χ1) is 13.9. The van der Waals surface area contributed by atoms with Gasteiger partial charge in [-0.25, -0.2) is 9.18 Å². The average Bonchev–Trinajstić information content (AvgIpc) is 3.08. The first kappa shape index (κ1) is 20.9. The monoisotopic (exact) mass is 434 g/mol. The van der Waals surface area contributed by atoms with Gasteiger partial charge in [-0.2, -0.15) is 0 Å². The zero-order valence-electron chi connectivity index (χ0n) is 15.5. The Hall–Kier alpha value is -2.84. The molecule has 0 saturated carbocycles. The molecule has 1 N–H and O–H groups in total. The summed E-state index contributed by atoms with van der Waals surface area (Å²) in [4.78, 5) is 25.6. The van der Waals surface area contributed by atoms with Crippen molar-refractivity contribution in [1.82, 2.24) is 5.16 Å². The Labute approximate surface area is 175 Å². The third-order valence-electron chi connectivity index (χ3n) is 3.97. The third kappa shape index (κ3) is 4.78. The molecule has 1 amide bonds. The standard InChI is InChI=1S/C20H16ClFN2O4S/c1-11-17(19(24-28-11)18-14(21)4-3-5-15(18)22)20(26)27-10-16(25)23-12-6-8-13(29-2)9-7-12/h3-9H,10H2,1-2H3,(H,23,25). The number of hydrogen-bond donors (Lipinski definition) is 1. The second-order valence-electron chi connectivity index (χ2n) is 5.91. The molecule has 2 aromatic carbocycles. The van der Waals surface area contributed by atoms with Gasteiger partial charge in [-0.05, 0) is 49.6 Å². The van der Waals surface area contributed by atoms with Crippen molar-refractivity contribution in [3.63, 3.8) is 0 Å². The number of benzene rings is 2. The Morgan fingerprint density at radius 1 is 1.24 bits per heavy atom. The summed E-state index contributed by atoms with van der Waals surface area (Å²) in [7, 11) is 0. The number of carbonyl (C=O) groups excluding carboxylic acids is 2. The van der Waals surface area contributed by atoms with Crippen LogP contribution in [0.5, 0.6) is 0 Å². The number of hydrogen-bond acceptors (Lipinski definition) is 6. The summed E-state index contributed by atoms with van der Waals surface area (Å²) < 4.78 is 24.3. The van der Waals surface area contributed by atoms with Gasteiger partial charge in [0.15, 0.2) is 6.61 Å². The van der Waals surface area contributed by atoms with Gasteiger partial charge in [0.05, 0.1) is 10.6 Å². The molecule has 0 bridgehead atoms. The average molecular weight is 435 g/mol. The molecule has 0 spiro atoms. The zero-order valence-corrected chi connectivity index (χ0v) is 17.1. The summed E-state index contributed by atoms with van der Waals surface area (Å²) in [6.07, 6.45) is 1.95. The zero-order chi connectivity index (χ0) is 21.0. The fourth-order valence-corrected chi connectivity index (χ4v) is 3.24. The Morgan fingerprint density at radius 3 is 2.62 bits per heavy atom. The SMILES string of the molecule is CSc1ccc(NC(=O)COC(=O)c2c(-c3c(F)cccc3Cl)noc2C)cc1. The first-order valence-electron chi connectivity index (χ1n) is 8.42. The fraction of sp³-hybridized carbons (Fsp3) is 0.150. The van der Waals surface area contributed by atoms with E-state index >= 15 is 0 Å². The smallest absolute Gasteiger partial charge is 0.344 e. The number of aromatic nitrogens is 1.